The molecule has 0 spiro atoms. The van der Waals surface area contributed by atoms with Crippen molar-refractivity contribution in [3.8, 4) is 0 Å². The lowest BCUT2D eigenvalue weighted by Gasteiger charge is -2.08. The first-order chi connectivity index (χ1) is 4.63. The maximum Gasteiger partial charge on any atom is 0.331 e. The van der Waals surface area contributed by atoms with Crippen LogP contribution in [0.15, 0.2) is 12.2 Å². The molecule has 0 saturated heterocycles. The van der Waals surface area contributed by atoms with Crippen molar-refractivity contribution in [3.05, 3.63) is 12.2 Å². The summed E-state index contributed by atoms with van der Waals surface area (Å²) in [5.41, 5.74) is -0.162. The summed E-state index contributed by atoms with van der Waals surface area (Å²) in [7, 11) is 0. The van der Waals surface area contributed by atoms with Gasteiger partial charge in [-0.25, -0.2) is 4.79 Å². The molecule has 0 saturated carbocycles. The summed E-state index contributed by atoms with van der Waals surface area (Å²) in [6, 6.07) is 0. The molecular formula is C6H10O4. The molecule has 0 atom stereocenters. The Morgan fingerprint density at radius 2 is 1.80 bits per heavy atom. The van der Waals surface area contributed by atoms with E-state index in [1.807, 2.05) is 0 Å². The van der Waals surface area contributed by atoms with Crippen LogP contribution in [-0.4, -0.2) is 34.5 Å². The van der Waals surface area contributed by atoms with Crippen LogP contribution in [0.1, 0.15) is 0 Å². The Labute approximate surface area is 58.4 Å². The van der Waals surface area contributed by atoms with Crippen LogP contribution in [-0.2, 0) is 4.79 Å². The van der Waals surface area contributed by atoms with Gasteiger partial charge in [0.1, 0.15) is 0 Å². The number of rotatable bonds is 4. The summed E-state index contributed by atoms with van der Waals surface area (Å²) in [5.74, 6) is -1.93. The Balaban J connectivity index is 4.02. The monoisotopic (exact) mass is 146 g/mol. The molecule has 0 amide bonds. The molecule has 0 rings (SSSR count). The van der Waals surface area contributed by atoms with E-state index < -0.39 is 11.9 Å². The molecule has 0 aromatic carbocycles. The molecule has 4 nitrogen and oxygen atoms in total. The van der Waals surface area contributed by atoms with Crippen LogP contribution in [0.25, 0.3) is 0 Å². The average Bonchev–Trinajstić information content (AvgIpc) is 1.90. The molecule has 0 radical (unpaired) electrons. The fourth-order valence-corrected chi connectivity index (χ4v) is 0.453. The number of carbonyl (C=O) groups is 1. The summed E-state index contributed by atoms with van der Waals surface area (Å²) in [6.07, 6.45) is 0. The van der Waals surface area contributed by atoms with E-state index in [9.17, 15) is 4.79 Å². The van der Waals surface area contributed by atoms with Crippen molar-refractivity contribution in [2.45, 2.75) is 0 Å². The zero-order valence-electron chi connectivity index (χ0n) is 5.45. The predicted octanol–water partition coefficient (Wildman–Crippen LogP) is -0.772. The van der Waals surface area contributed by atoms with Crippen molar-refractivity contribution in [3.63, 3.8) is 0 Å². The second-order valence-electron chi connectivity index (χ2n) is 1.89. The lowest BCUT2D eigenvalue weighted by atomic mass is 10.0. The Morgan fingerprint density at radius 1 is 1.40 bits per heavy atom. The Hall–Kier alpha value is -0.870. The quantitative estimate of drug-likeness (QED) is 0.455. The van der Waals surface area contributed by atoms with E-state index in [1.54, 1.807) is 0 Å². The molecule has 3 N–H and O–H groups in total. The topological polar surface area (TPSA) is 77.8 Å². The summed E-state index contributed by atoms with van der Waals surface area (Å²) in [4.78, 5) is 10.1. The fourth-order valence-electron chi connectivity index (χ4n) is 0.453. The van der Waals surface area contributed by atoms with Gasteiger partial charge in [0.15, 0.2) is 0 Å². The minimum atomic E-state index is -1.19. The molecule has 0 heterocycles. The van der Waals surface area contributed by atoms with Gasteiger partial charge in [-0.15, -0.1) is 0 Å². The highest BCUT2D eigenvalue weighted by molar-refractivity contribution is 5.86. The molecule has 0 aromatic rings. The first-order valence-electron chi connectivity index (χ1n) is 2.77. The van der Waals surface area contributed by atoms with Gasteiger partial charge in [0.2, 0.25) is 0 Å². The van der Waals surface area contributed by atoms with E-state index in [-0.39, 0.29) is 18.8 Å². The second-order valence-corrected chi connectivity index (χ2v) is 1.89. The number of carboxylic acid groups (broad SMARTS) is 1. The minimum Gasteiger partial charge on any atom is -0.478 e. The third kappa shape index (κ3) is 2.16. The van der Waals surface area contributed by atoms with Gasteiger partial charge in [-0.3, -0.25) is 0 Å². The first-order valence-corrected chi connectivity index (χ1v) is 2.77. The van der Waals surface area contributed by atoms with Crippen LogP contribution >= 0.6 is 0 Å². The van der Waals surface area contributed by atoms with Crippen LogP contribution in [0.3, 0.4) is 0 Å². The standard InChI is InChI=1S/C6H10O4/c1-4(6(9)10)5(2-7)3-8/h5,7-8H,1-3H2,(H,9,10). The molecule has 58 valence electrons. The van der Waals surface area contributed by atoms with Crippen molar-refractivity contribution in [1.82, 2.24) is 0 Å². The number of carboxylic acids is 1. The van der Waals surface area contributed by atoms with Gasteiger partial charge in [0.25, 0.3) is 0 Å². The highest BCUT2D eigenvalue weighted by atomic mass is 16.4. The van der Waals surface area contributed by atoms with Crippen LogP contribution in [0.4, 0.5) is 0 Å². The Kier molecular flexibility index (Phi) is 3.68. The SMILES string of the molecule is C=C(C(=O)O)C(CO)CO. The Morgan fingerprint density at radius 3 is 1.90 bits per heavy atom. The number of hydrogen-bond acceptors (Lipinski definition) is 3. The molecule has 0 aromatic heterocycles. The van der Waals surface area contributed by atoms with E-state index in [0.717, 1.165) is 0 Å². The molecule has 0 unspecified atom stereocenters. The average molecular weight is 146 g/mol. The van der Waals surface area contributed by atoms with E-state index in [4.69, 9.17) is 15.3 Å². The van der Waals surface area contributed by atoms with Gasteiger partial charge in [-0.1, -0.05) is 6.58 Å². The Bertz CT molecular complexity index is 137. The van der Waals surface area contributed by atoms with E-state index >= 15 is 0 Å². The van der Waals surface area contributed by atoms with Gasteiger partial charge < -0.3 is 15.3 Å². The number of aliphatic carboxylic acids is 1. The van der Waals surface area contributed by atoms with Gasteiger partial charge in [-0.2, -0.15) is 0 Å². The normalized spacial score (nSPS) is 9.90. The van der Waals surface area contributed by atoms with E-state index in [2.05, 4.69) is 6.58 Å². The smallest absolute Gasteiger partial charge is 0.331 e. The maximum absolute atomic E-state index is 10.1. The molecule has 0 aliphatic rings. The summed E-state index contributed by atoms with van der Waals surface area (Å²) in [5, 5.41) is 25.2. The van der Waals surface area contributed by atoms with Gasteiger partial charge in [0.05, 0.1) is 13.2 Å². The van der Waals surface area contributed by atoms with Crippen LogP contribution in [0.5, 0.6) is 0 Å². The largest absolute Gasteiger partial charge is 0.478 e. The molecular weight excluding hydrogens is 136 g/mol. The lowest BCUT2D eigenvalue weighted by Crippen LogP contribution is -2.18. The second kappa shape index (κ2) is 4.03. The zero-order chi connectivity index (χ0) is 8.15. The molecule has 0 aliphatic carbocycles. The third-order valence-electron chi connectivity index (χ3n) is 1.21. The van der Waals surface area contributed by atoms with Crippen molar-refractivity contribution in [2.75, 3.05) is 13.2 Å². The minimum absolute atomic E-state index is 0.162. The molecule has 10 heavy (non-hydrogen) atoms. The van der Waals surface area contributed by atoms with Crippen molar-refractivity contribution in [2.24, 2.45) is 5.92 Å². The van der Waals surface area contributed by atoms with Crippen molar-refractivity contribution in [1.29, 1.82) is 0 Å². The fraction of sp³-hybridized carbons (Fsp3) is 0.500. The number of hydrogen-bond donors (Lipinski definition) is 3. The van der Waals surface area contributed by atoms with Gasteiger partial charge in [-0.05, 0) is 0 Å². The third-order valence-corrected chi connectivity index (χ3v) is 1.21. The van der Waals surface area contributed by atoms with Crippen LogP contribution in [0.2, 0.25) is 0 Å². The first kappa shape index (κ1) is 9.13. The highest BCUT2D eigenvalue weighted by Crippen LogP contribution is 2.06. The maximum atomic E-state index is 10.1. The molecule has 0 bridgehead atoms. The number of aliphatic hydroxyl groups is 2. The lowest BCUT2D eigenvalue weighted by molar-refractivity contribution is -0.133. The van der Waals surface area contributed by atoms with E-state index in [0.29, 0.717) is 0 Å². The molecule has 0 fully saturated rings. The van der Waals surface area contributed by atoms with Gasteiger partial charge >= 0.3 is 5.97 Å². The van der Waals surface area contributed by atoms with Crippen LogP contribution < -0.4 is 0 Å². The predicted molar refractivity (Wildman–Crippen MR) is 34.4 cm³/mol. The molecule has 4 heteroatoms. The van der Waals surface area contributed by atoms with E-state index in [1.165, 1.54) is 0 Å². The van der Waals surface area contributed by atoms with Crippen LogP contribution in [0, 0.1) is 5.92 Å². The highest BCUT2D eigenvalue weighted by Gasteiger charge is 2.15. The summed E-state index contributed by atoms with van der Waals surface area (Å²) in [6.45, 7) is 2.40. The van der Waals surface area contributed by atoms with Crippen molar-refractivity contribution >= 4 is 5.97 Å². The number of aliphatic hydroxyl groups excluding tert-OH is 2. The molecule has 0 aliphatic heterocycles. The van der Waals surface area contributed by atoms with Gasteiger partial charge in [0, 0.05) is 11.5 Å². The summed E-state index contributed by atoms with van der Waals surface area (Å²) < 4.78 is 0. The van der Waals surface area contributed by atoms with Crippen molar-refractivity contribution < 1.29 is 20.1 Å². The zero-order valence-corrected chi connectivity index (χ0v) is 5.45. The summed E-state index contributed by atoms with van der Waals surface area (Å²) >= 11 is 0.